The summed E-state index contributed by atoms with van der Waals surface area (Å²) in [6.45, 7) is 1.17. The minimum absolute atomic E-state index is 0.0260. The minimum atomic E-state index is -1.27. The first-order valence-electron chi connectivity index (χ1n) is 8.95. The van der Waals surface area contributed by atoms with Crippen LogP contribution in [0.25, 0.3) is 0 Å². The summed E-state index contributed by atoms with van der Waals surface area (Å²) in [5.74, 6) is -4.22. The van der Waals surface area contributed by atoms with Gasteiger partial charge in [-0.1, -0.05) is 12.1 Å². The number of esters is 2. The number of para-hydroxylation sites is 1. The van der Waals surface area contributed by atoms with Crippen molar-refractivity contribution in [3.05, 3.63) is 70.6 Å². The molecule has 3 N–H and O–H groups in total. The molecule has 0 aromatic heterocycles. The molecule has 11 heteroatoms. The molecule has 0 aliphatic rings. The van der Waals surface area contributed by atoms with E-state index in [1.54, 1.807) is 0 Å². The molecular weight excluding hydrogens is 422 g/mol. The highest BCUT2D eigenvalue weighted by molar-refractivity contribution is 6.07. The number of rotatable bonds is 7. The van der Waals surface area contributed by atoms with Crippen molar-refractivity contribution in [1.82, 2.24) is 0 Å². The number of nitrogens with one attached hydrogen (secondary N) is 1. The molecule has 0 radical (unpaired) electrons. The Morgan fingerprint density at radius 1 is 0.906 bits per heavy atom. The van der Waals surface area contributed by atoms with Crippen molar-refractivity contribution in [2.45, 2.75) is 6.92 Å². The third-order valence-electron chi connectivity index (χ3n) is 4.05. The van der Waals surface area contributed by atoms with E-state index in [-0.39, 0.29) is 28.1 Å². The molecule has 0 aliphatic carbocycles. The largest absolute Gasteiger partial charge is 0.510 e. The maximum atomic E-state index is 12.6. The summed E-state index contributed by atoms with van der Waals surface area (Å²) in [4.78, 5) is 47.7. The lowest BCUT2D eigenvalue weighted by molar-refractivity contribution is -0.113. The van der Waals surface area contributed by atoms with Gasteiger partial charge in [0.15, 0.2) is 5.70 Å². The molecule has 166 valence electrons. The normalized spacial score (nSPS) is 11.5. The summed E-state index contributed by atoms with van der Waals surface area (Å²) in [7, 11) is 2.32. The highest BCUT2D eigenvalue weighted by atomic mass is 16.5. The Morgan fingerprint density at radius 2 is 1.56 bits per heavy atom. The number of benzene rings is 2. The third-order valence-corrected chi connectivity index (χ3v) is 4.05. The van der Waals surface area contributed by atoms with E-state index >= 15 is 0 Å². The van der Waals surface area contributed by atoms with Crippen LogP contribution in [0.2, 0.25) is 0 Å². The standard InChI is InChI=1S/C21H19N3O8/c1-11(25)17(18(26)22-15-7-5-4-6-13(15)19(27)28)24-23-16-10-12(20(29)31-2)8-9-14(16)21(30)32-3/h4-10,25H,1-3H3,(H,22,26)(H,27,28). The first-order chi connectivity index (χ1) is 15.2. The second-order valence-corrected chi connectivity index (χ2v) is 6.15. The number of hydrogen-bond acceptors (Lipinski definition) is 9. The van der Waals surface area contributed by atoms with E-state index < -0.39 is 35.3 Å². The zero-order chi connectivity index (χ0) is 23.8. The van der Waals surface area contributed by atoms with Crippen LogP contribution in [-0.4, -0.2) is 48.2 Å². The van der Waals surface area contributed by atoms with E-state index in [1.165, 1.54) is 56.5 Å². The molecular formula is C21H19N3O8. The van der Waals surface area contributed by atoms with Gasteiger partial charge in [-0.2, -0.15) is 0 Å². The Balaban J connectivity index is 2.44. The molecule has 1 amide bonds. The number of aliphatic hydroxyl groups is 1. The first kappa shape index (κ1) is 23.7. The molecule has 0 spiro atoms. The number of nitrogens with zero attached hydrogens (tertiary/aromatic N) is 2. The van der Waals surface area contributed by atoms with Crippen molar-refractivity contribution in [2.24, 2.45) is 10.2 Å². The van der Waals surface area contributed by atoms with Gasteiger partial charge in [0, 0.05) is 0 Å². The predicted molar refractivity (Wildman–Crippen MR) is 111 cm³/mol. The number of hydrogen-bond donors (Lipinski definition) is 3. The number of allylic oxidation sites excluding steroid dienone is 1. The van der Waals surface area contributed by atoms with Crippen LogP contribution in [0, 0.1) is 0 Å². The molecule has 0 bridgehead atoms. The van der Waals surface area contributed by atoms with E-state index in [4.69, 9.17) is 0 Å². The van der Waals surface area contributed by atoms with Gasteiger partial charge in [-0.15, -0.1) is 10.2 Å². The highest BCUT2D eigenvalue weighted by Crippen LogP contribution is 2.25. The smallest absolute Gasteiger partial charge is 0.340 e. The van der Waals surface area contributed by atoms with Crippen LogP contribution in [0.4, 0.5) is 11.4 Å². The fourth-order valence-corrected chi connectivity index (χ4v) is 2.49. The number of carbonyl (C=O) groups is 4. The quantitative estimate of drug-likeness (QED) is 0.254. The van der Waals surface area contributed by atoms with Crippen molar-refractivity contribution in [3.8, 4) is 0 Å². The minimum Gasteiger partial charge on any atom is -0.510 e. The number of carboxylic acids is 1. The molecule has 0 saturated heterocycles. The van der Waals surface area contributed by atoms with Gasteiger partial charge < -0.3 is 25.0 Å². The van der Waals surface area contributed by atoms with Gasteiger partial charge in [-0.3, -0.25) is 4.79 Å². The lowest BCUT2D eigenvalue weighted by Crippen LogP contribution is -2.17. The van der Waals surface area contributed by atoms with Crippen molar-refractivity contribution < 1.29 is 38.9 Å². The second kappa shape index (κ2) is 10.5. The fourth-order valence-electron chi connectivity index (χ4n) is 2.49. The Hall–Kier alpha value is -4.54. The number of carbonyl (C=O) groups excluding carboxylic acids is 3. The fraction of sp³-hybridized carbons (Fsp3) is 0.143. The monoisotopic (exact) mass is 441 g/mol. The van der Waals surface area contributed by atoms with Gasteiger partial charge in [0.05, 0.1) is 36.6 Å². The van der Waals surface area contributed by atoms with Crippen LogP contribution in [0.15, 0.2) is 64.1 Å². The summed E-state index contributed by atoms with van der Waals surface area (Å²) in [6, 6.07) is 9.43. The average Bonchev–Trinajstić information content (AvgIpc) is 2.77. The zero-order valence-electron chi connectivity index (χ0n) is 17.3. The summed E-state index contributed by atoms with van der Waals surface area (Å²) in [5.41, 5.74) is -0.884. The zero-order valence-corrected chi connectivity index (χ0v) is 17.3. The summed E-state index contributed by atoms with van der Waals surface area (Å²) in [5, 5.41) is 29.0. The number of ether oxygens (including phenoxy) is 2. The third kappa shape index (κ3) is 5.53. The molecule has 11 nitrogen and oxygen atoms in total. The lowest BCUT2D eigenvalue weighted by Gasteiger charge is -2.09. The maximum absolute atomic E-state index is 12.6. The van der Waals surface area contributed by atoms with Gasteiger partial charge in [-0.05, 0) is 37.3 Å². The van der Waals surface area contributed by atoms with E-state index in [0.717, 1.165) is 7.11 Å². The first-order valence-corrected chi connectivity index (χ1v) is 8.95. The van der Waals surface area contributed by atoms with E-state index in [0.29, 0.717) is 0 Å². The summed E-state index contributed by atoms with van der Waals surface area (Å²) >= 11 is 0. The van der Waals surface area contributed by atoms with Crippen molar-refractivity contribution in [1.29, 1.82) is 0 Å². The second-order valence-electron chi connectivity index (χ2n) is 6.15. The van der Waals surface area contributed by atoms with Gasteiger partial charge >= 0.3 is 17.9 Å². The average molecular weight is 441 g/mol. The van der Waals surface area contributed by atoms with Gasteiger partial charge in [-0.25, -0.2) is 14.4 Å². The van der Waals surface area contributed by atoms with E-state index in [9.17, 15) is 29.4 Å². The molecule has 0 saturated carbocycles. The molecule has 2 aromatic rings. The molecule has 0 unspecified atom stereocenters. The Morgan fingerprint density at radius 3 is 2.16 bits per heavy atom. The topological polar surface area (TPSA) is 164 Å². The molecule has 32 heavy (non-hydrogen) atoms. The summed E-state index contributed by atoms with van der Waals surface area (Å²) < 4.78 is 9.29. The number of anilines is 1. The van der Waals surface area contributed by atoms with Crippen LogP contribution in [-0.2, 0) is 14.3 Å². The Labute approximate surface area is 182 Å². The molecule has 0 fully saturated rings. The van der Waals surface area contributed by atoms with Crippen LogP contribution in [0.3, 0.4) is 0 Å². The van der Waals surface area contributed by atoms with E-state index in [2.05, 4.69) is 25.0 Å². The van der Waals surface area contributed by atoms with Crippen molar-refractivity contribution in [3.63, 3.8) is 0 Å². The van der Waals surface area contributed by atoms with Gasteiger partial charge in [0.1, 0.15) is 11.4 Å². The van der Waals surface area contributed by atoms with Gasteiger partial charge in [0.2, 0.25) is 0 Å². The lowest BCUT2D eigenvalue weighted by atomic mass is 10.1. The van der Waals surface area contributed by atoms with E-state index in [1.807, 2.05) is 0 Å². The number of azo groups is 1. The van der Waals surface area contributed by atoms with Crippen LogP contribution >= 0.6 is 0 Å². The van der Waals surface area contributed by atoms with Crippen LogP contribution in [0.5, 0.6) is 0 Å². The van der Waals surface area contributed by atoms with Crippen LogP contribution < -0.4 is 5.32 Å². The molecule has 0 heterocycles. The number of amides is 1. The Bertz CT molecular complexity index is 1130. The SMILES string of the molecule is COC(=O)c1ccc(C(=O)OC)c(N=NC(C(=O)Nc2ccccc2C(=O)O)=C(C)O)c1. The molecule has 0 aliphatic heterocycles. The maximum Gasteiger partial charge on any atom is 0.340 e. The highest BCUT2D eigenvalue weighted by Gasteiger charge is 2.19. The summed E-state index contributed by atoms with van der Waals surface area (Å²) in [6.07, 6.45) is 0. The predicted octanol–water partition coefficient (Wildman–Crippen LogP) is 3.47. The molecule has 2 aromatic carbocycles. The number of aliphatic hydroxyl groups excluding tert-OH is 1. The number of aromatic carboxylic acids is 1. The molecule has 2 rings (SSSR count). The van der Waals surface area contributed by atoms with Crippen LogP contribution in [0.1, 0.15) is 38.0 Å². The van der Waals surface area contributed by atoms with Crippen molar-refractivity contribution >= 4 is 35.2 Å². The Kier molecular flexibility index (Phi) is 7.77. The van der Waals surface area contributed by atoms with Crippen molar-refractivity contribution in [2.75, 3.05) is 19.5 Å². The number of methoxy groups -OCH3 is 2. The molecule has 0 atom stereocenters. The number of carboxylic acid groups (broad SMARTS) is 1. The van der Waals surface area contributed by atoms with Gasteiger partial charge in [0.25, 0.3) is 5.91 Å².